The van der Waals surface area contributed by atoms with E-state index in [4.69, 9.17) is 4.74 Å². The first kappa shape index (κ1) is 16.2. The van der Waals surface area contributed by atoms with Crippen LogP contribution in [0.4, 0.5) is 0 Å². The minimum Gasteiger partial charge on any atom is -0.491 e. The van der Waals surface area contributed by atoms with Crippen LogP contribution in [0.2, 0.25) is 0 Å². The van der Waals surface area contributed by atoms with E-state index in [0.29, 0.717) is 6.54 Å². The molecule has 1 unspecified atom stereocenters. The summed E-state index contributed by atoms with van der Waals surface area (Å²) in [6, 6.07) is 17.7. The van der Waals surface area contributed by atoms with Crippen molar-refractivity contribution in [2.75, 3.05) is 6.61 Å². The van der Waals surface area contributed by atoms with Crippen molar-refractivity contribution < 1.29 is 9.84 Å². The molecule has 1 atom stereocenters. The highest BCUT2D eigenvalue weighted by Crippen LogP contribution is 2.17. The summed E-state index contributed by atoms with van der Waals surface area (Å²) in [4.78, 5) is 0. The van der Waals surface area contributed by atoms with E-state index < -0.39 is 6.10 Å². The fourth-order valence-corrected chi connectivity index (χ4v) is 2.41. The lowest BCUT2D eigenvalue weighted by molar-refractivity contribution is 0.0888. The second-order valence-electron chi connectivity index (χ2n) is 5.65. The van der Waals surface area contributed by atoms with Gasteiger partial charge in [-0.25, -0.2) is 4.68 Å². The number of aromatic nitrogens is 3. The van der Waals surface area contributed by atoms with Gasteiger partial charge in [-0.1, -0.05) is 54.6 Å². The molecule has 0 bridgehead atoms. The molecular weight excluding hydrogens is 302 g/mol. The fourth-order valence-electron chi connectivity index (χ4n) is 2.41. The fraction of sp³-hybridized carbons (Fsp3) is 0.263. The normalized spacial score (nSPS) is 12.1. The van der Waals surface area contributed by atoms with E-state index in [0.717, 1.165) is 23.4 Å². The van der Waals surface area contributed by atoms with Crippen molar-refractivity contribution in [2.45, 2.75) is 26.0 Å². The Morgan fingerprint density at radius 1 is 1.08 bits per heavy atom. The summed E-state index contributed by atoms with van der Waals surface area (Å²) in [6.45, 7) is 2.68. The Balaban J connectivity index is 1.56. The van der Waals surface area contributed by atoms with Crippen LogP contribution in [0, 0.1) is 0 Å². The van der Waals surface area contributed by atoms with Crippen molar-refractivity contribution in [3.63, 3.8) is 0 Å². The molecule has 1 heterocycles. The standard InChI is InChI=1S/C19H21N3O2/c1-2-15-8-10-16(11-9-15)19-13-22(21-20-19)12-17(23)14-24-18-6-4-3-5-7-18/h3-11,13,17,23H,2,12,14H2,1H3. The van der Waals surface area contributed by atoms with Crippen LogP contribution in [0.1, 0.15) is 12.5 Å². The predicted molar refractivity (Wildman–Crippen MR) is 92.8 cm³/mol. The molecule has 1 N–H and O–H groups in total. The van der Waals surface area contributed by atoms with Crippen LogP contribution in [0.5, 0.6) is 5.75 Å². The smallest absolute Gasteiger partial charge is 0.119 e. The van der Waals surface area contributed by atoms with Crippen LogP contribution < -0.4 is 4.74 Å². The summed E-state index contributed by atoms with van der Waals surface area (Å²) in [5, 5.41) is 18.4. The Labute approximate surface area is 141 Å². The number of hydrogen-bond acceptors (Lipinski definition) is 4. The van der Waals surface area contributed by atoms with Crippen molar-refractivity contribution >= 4 is 0 Å². The maximum Gasteiger partial charge on any atom is 0.119 e. The molecule has 0 saturated carbocycles. The van der Waals surface area contributed by atoms with Gasteiger partial charge in [0.1, 0.15) is 24.2 Å². The number of aryl methyl sites for hydroxylation is 1. The Morgan fingerprint density at radius 3 is 2.54 bits per heavy atom. The summed E-state index contributed by atoms with van der Waals surface area (Å²) < 4.78 is 7.19. The van der Waals surface area contributed by atoms with Gasteiger partial charge >= 0.3 is 0 Å². The Bertz CT molecular complexity index is 754. The molecule has 2 aromatic carbocycles. The summed E-state index contributed by atoms with van der Waals surface area (Å²) in [5.41, 5.74) is 3.11. The van der Waals surface area contributed by atoms with E-state index in [1.165, 1.54) is 5.56 Å². The number of hydrogen-bond donors (Lipinski definition) is 1. The summed E-state index contributed by atoms with van der Waals surface area (Å²) in [6.07, 6.45) is 2.20. The predicted octanol–water partition coefficient (Wildman–Crippen LogP) is 2.95. The van der Waals surface area contributed by atoms with E-state index in [1.807, 2.05) is 48.7 Å². The third-order valence-corrected chi connectivity index (χ3v) is 3.78. The maximum absolute atomic E-state index is 10.1. The highest BCUT2D eigenvalue weighted by Gasteiger charge is 2.10. The minimum atomic E-state index is -0.651. The lowest BCUT2D eigenvalue weighted by Crippen LogP contribution is -2.23. The van der Waals surface area contributed by atoms with Crippen LogP contribution in [0.3, 0.4) is 0 Å². The first-order chi connectivity index (χ1) is 11.7. The van der Waals surface area contributed by atoms with E-state index in [9.17, 15) is 5.11 Å². The third kappa shape index (κ3) is 4.20. The monoisotopic (exact) mass is 323 g/mol. The van der Waals surface area contributed by atoms with Gasteiger partial charge in [-0.2, -0.15) is 0 Å². The molecule has 5 heteroatoms. The molecule has 0 aliphatic rings. The van der Waals surface area contributed by atoms with Gasteiger partial charge in [0, 0.05) is 5.56 Å². The number of rotatable bonds is 7. The topological polar surface area (TPSA) is 60.2 Å². The summed E-state index contributed by atoms with van der Waals surface area (Å²) >= 11 is 0. The van der Waals surface area contributed by atoms with E-state index in [2.05, 4.69) is 29.4 Å². The highest BCUT2D eigenvalue weighted by molar-refractivity contribution is 5.57. The lowest BCUT2D eigenvalue weighted by Gasteiger charge is -2.11. The van der Waals surface area contributed by atoms with Gasteiger partial charge in [0.05, 0.1) is 12.7 Å². The molecule has 0 aliphatic heterocycles. The Morgan fingerprint density at radius 2 is 1.83 bits per heavy atom. The molecule has 0 saturated heterocycles. The third-order valence-electron chi connectivity index (χ3n) is 3.78. The lowest BCUT2D eigenvalue weighted by atomic mass is 10.1. The van der Waals surface area contributed by atoms with Crippen LogP contribution in [0.15, 0.2) is 60.8 Å². The average molecular weight is 323 g/mol. The largest absolute Gasteiger partial charge is 0.491 e. The van der Waals surface area contributed by atoms with Gasteiger partial charge in [0.25, 0.3) is 0 Å². The van der Waals surface area contributed by atoms with Crippen molar-refractivity contribution in [1.82, 2.24) is 15.0 Å². The van der Waals surface area contributed by atoms with E-state index in [1.54, 1.807) is 4.68 Å². The molecule has 3 aromatic rings. The number of aliphatic hydroxyl groups is 1. The van der Waals surface area contributed by atoms with Crippen LogP contribution in [-0.2, 0) is 13.0 Å². The first-order valence-electron chi connectivity index (χ1n) is 8.10. The van der Waals surface area contributed by atoms with Gasteiger partial charge < -0.3 is 9.84 Å². The molecule has 124 valence electrons. The number of nitrogens with zero attached hydrogens (tertiary/aromatic N) is 3. The van der Waals surface area contributed by atoms with Crippen molar-refractivity contribution in [2.24, 2.45) is 0 Å². The SMILES string of the molecule is CCc1ccc(-c2cn(CC(O)COc3ccccc3)nn2)cc1. The number of benzene rings is 2. The molecule has 0 radical (unpaired) electrons. The highest BCUT2D eigenvalue weighted by atomic mass is 16.5. The zero-order valence-electron chi connectivity index (χ0n) is 13.7. The number of ether oxygens (including phenoxy) is 1. The zero-order chi connectivity index (χ0) is 16.8. The van der Waals surface area contributed by atoms with E-state index in [-0.39, 0.29) is 6.61 Å². The van der Waals surface area contributed by atoms with Crippen LogP contribution in [-0.4, -0.2) is 32.8 Å². The average Bonchev–Trinajstić information content (AvgIpc) is 3.09. The quantitative estimate of drug-likeness (QED) is 0.726. The second-order valence-corrected chi connectivity index (χ2v) is 5.65. The van der Waals surface area contributed by atoms with Gasteiger partial charge in [0.15, 0.2) is 0 Å². The molecular formula is C19H21N3O2. The summed E-state index contributed by atoms with van der Waals surface area (Å²) in [5.74, 6) is 0.742. The molecule has 1 aromatic heterocycles. The van der Waals surface area contributed by atoms with E-state index >= 15 is 0 Å². The number of para-hydroxylation sites is 1. The molecule has 5 nitrogen and oxygen atoms in total. The maximum atomic E-state index is 10.1. The minimum absolute atomic E-state index is 0.213. The Kier molecular flexibility index (Phi) is 5.23. The van der Waals surface area contributed by atoms with Crippen molar-refractivity contribution in [1.29, 1.82) is 0 Å². The van der Waals surface area contributed by atoms with Crippen LogP contribution >= 0.6 is 0 Å². The molecule has 0 amide bonds. The van der Waals surface area contributed by atoms with Gasteiger partial charge in [-0.15, -0.1) is 5.10 Å². The summed E-state index contributed by atoms with van der Waals surface area (Å²) in [7, 11) is 0. The molecule has 0 aliphatic carbocycles. The Hall–Kier alpha value is -2.66. The molecule has 3 rings (SSSR count). The molecule has 0 fully saturated rings. The van der Waals surface area contributed by atoms with Crippen molar-refractivity contribution in [3.05, 3.63) is 66.4 Å². The molecule has 24 heavy (non-hydrogen) atoms. The molecule has 0 spiro atoms. The number of aliphatic hydroxyl groups excluding tert-OH is 1. The van der Waals surface area contributed by atoms with Gasteiger partial charge in [-0.05, 0) is 24.1 Å². The second kappa shape index (κ2) is 7.75. The van der Waals surface area contributed by atoms with Gasteiger partial charge in [0.2, 0.25) is 0 Å². The first-order valence-corrected chi connectivity index (χ1v) is 8.10. The van der Waals surface area contributed by atoms with Crippen LogP contribution in [0.25, 0.3) is 11.3 Å². The van der Waals surface area contributed by atoms with Gasteiger partial charge in [-0.3, -0.25) is 0 Å². The van der Waals surface area contributed by atoms with Crippen molar-refractivity contribution in [3.8, 4) is 17.0 Å². The zero-order valence-corrected chi connectivity index (χ0v) is 13.7.